The Morgan fingerprint density at radius 1 is 1.50 bits per heavy atom. The Bertz CT molecular complexity index is 355. The van der Waals surface area contributed by atoms with Crippen molar-refractivity contribution in [3.63, 3.8) is 0 Å². The van der Waals surface area contributed by atoms with Crippen molar-refractivity contribution in [1.29, 1.82) is 0 Å². The van der Waals surface area contributed by atoms with Crippen molar-refractivity contribution in [2.75, 3.05) is 6.61 Å². The van der Waals surface area contributed by atoms with E-state index >= 15 is 0 Å². The molecule has 1 rings (SSSR count). The predicted octanol–water partition coefficient (Wildman–Crippen LogP) is 1.71. The van der Waals surface area contributed by atoms with Crippen LogP contribution < -0.4 is 0 Å². The average molecular weight is 220 g/mol. The zero-order valence-corrected chi connectivity index (χ0v) is 9.35. The Morgan fingerprint density at radius 3 is 2.69 bits per heavy atom. The van der Waals surface area contributed by atoms with E-state index in [4.69, 9.17) is 4.74 Å². The molecule has 3 nitrogen and oxygen atoms in total. The number of esters is 1. The van der Waals surface area contributed by atoms with Gasteiger partial charge in [0, 0.05) is 6.42 Å². The van der Waals surface area contributed by atoms with Gasteiger partial charge < -0.3 is 9.84 Å². The van der Waals surface area contributed by atoms with E-state index in [0.29, 0.717) is 0 Å². The van der Waals surface area contributed by atoms with Gasteiger partial charge in [0.25, 0.3) is 0 Å². The Morgan fingerprint density at radius 2 is 2.12 bits per heavy atom. The Kier molecular flexibility index (Phi) is 4.26. The highest BCUT2D eigenvalue weighted by molar-refractivity contribution is 5.79. The lowest BCUT2D eigenvalue weighted by atomic mass is 9.97. The van der Waals surface area contributed by atoms with Crippen molar-refractivity contribution in [3.8, 4) is 0 Å². The van der Waals surface area contributed by atoms with Crippen molar-refractivity contribution in [2.45, 2.75) is 18.9 Å². The van der Waals surface area contributed by atoms with E-state index in [-0.39, 0.29) is 13.0 Å². The molecule has 1 aromatic carbocycles. The van der Waals surface area contributed by atoms with Crippen LogP contribution in [0.4, 0.5) is 0 Å². The number of benzene rings is 1. The van der Waals surface area contributed by atoms with Crippen molar-refractivity contribution < 1.29 is 14.6 Å². The molecule has 0 saturated carbocycles. The Hall–Kier alpha value is -1.61. The fourth-order valence-electron chi connectivity index (χ4n) is 1.36. The van der Waals surface area contributed by atoms with E-state index in [1.807, 2.05) is 30.3 Å². The van der Waals surface area contributed by atoms with Crippen LogP contribution in [0.1, 0.15) is 12.5 Å². The molecular weight excluding hydrogens is 204 g/mol. The standard InChI is InChI=1S/C13H16O3/c1-3-9-16-12(14)13(2,15)10-11-7-5-4-6-8-11/h3-8,15H,1,9-10H2,2H3. The first-order chi connectivity index (χ1) is 7.56. The number of rotatable bonds is 5. The molecule has 0 saturated heterocycles. The molecule has 0 bridgehead atoms. The quantitative estimate of drug-likeness (QED) is 0.607. The molecule has 1 atom stereocenters. The van der Waals surface area contributed by atoms with E-state index < -0.39 is 11.6 Å². The van der Waals surface area contributed by atoms with E-state index in [9.17, 15) is 9.90 Å². The van der Waals surface area contributed by atoms with Gasteiger partial charge in [0.2, 0.25) is 0 Å². The number of ether oxygens (including phenoxy) is 1. The lowest BCUT2D eigenvalue weighted by molar-refractivity contribution is -0.162. The molecule has 0 aromatic heterocycles. The van der Waals surface area contributed by atoms with Crippen LogP contribution in [0.5, 0.6) is 0 Å². The van der Waals surface area contributed by atoms with Gasteiger partial charge in [-0.15, -0.1) is 0 Å². The molecule has 0 aliphatic rings. The third kappa shape index (κ3) is 3.51. The first-order valence-corrected chi connectivity index (χ1v) is 5.10. The van der Waals surface area contributed by atoms with E-state index in [1.165, 1.54) is 13.0 Å². The molecule has 0 amide bonds. The number of aliphatic hydroxyl groups is 1. The summed E-state index contributed by atoms with van der Waals surface area (Å²) in [5.74, 6) is -0.628. The van der Waals surface area contributed by atoms with Crippen LogP contribution in [-0.2, 0) is 16.0 Å². The van der Waals surface area contributed by atoms with Gasteiger partial charge in [-0.3, -0.25) is 0 Å². The minimum atomic E-state index is -1.50. The Labute approximate surface area is 95.4 Å². The second-order valence-corrected chi connectivity index (χ2v) is 3.82. The van der Waals surface area contributed by atoms with E-state index in [1.54, 1.807) is 0 Å². The summed E-state index contributed by atoms with van der Waals surface area (Å²) in [5, 5.41) is 9.95. The molecule has 1 N–H and O–H groups in total. The molecule has 0 radical (unpaired) electrons. The fourth-order valence-corrected chi connectivity index (χ4v) is 1.36. The zero-order valence-electron chi connectivity index (χ0n) is 9.35. The maximum absolute atomic E-state index is 11.5. The average Bonchev–Trinajstić information content (AvgIpc) is 2.26. The number of carbonyl (C=O) groups is 1. The molecule has 86 valence electrons. The molecule has 0 heterocycles. The number of hydrogen-bond donors (Lipinski definition) is 1. The molecule has 16 heavy (non-hydrogen) atoms. The first-order valence-electron chi connectivity index (χ1n) is 5.10. The number of hydrogen-bond acceptors (Lipinski definition) is 3. The van der Waals surface area contributed by atoms with E-state index in [0.717, 1.165) is 5.56 Å². The summed E-state index contributed by atoms with van der Waals surface area (Å²) in [6, 6.07) is 9.32. The van der Waals surface area contributed by atoms with Crippen LogP contribution in [-0.4, -0.2) is 23.3 Å². The summed E-state index contributed by atoms with van der Waals surface area (Å²) in [6.45, 7) is 5.00. The summed E-state index contributed by atoms with van der Waals surface area (Å²) in [4.78, 5) is 11.5. The molecule has 0 spiro atoms. The highest BCUT2D eigenvalue weighted by Gasteiger charge is 2.31. The van der Waals surface area contributed by atoms with E-state index in [2.05, 4.69) is 6.58 Å². The normalized spacial score (nSPS) is 13.9. The second-order valence-electron chi connectivity index (χ2n) is 3.82. The lowest BCUT2D eigenvalue weighted by Gasteiger charge is -2.20. The van der Waals surface area contributed by atoms with Crippen molar-refractivity contribution in [2.24, 2.45) is 0 Å². The zero-order chi connectivity index (χ0) is 12.0. The molecule has 1 aromatic rings. The van der Waals surface area contributed by atoms with Gasteiger partial charge in [-0.05, 0) is 12.5 Å². The summed E-state index contributed by atoms with van der Waals surface area (Å²) >= 11 is 0. The van der Waals surface area contributed by atoms with Gasteiger partial charge in [-0.2, -0.15) is 0 Å². The lowest BCUT2D eigenvalue weighted by Crippen LogP contribution is -2.39. The van der Waals surface area contributed by atoms with Crippen LogP contribution in [0.25, 0.3) is 0 Å². The summed E-state index contributed by atoms with van der Waals surface area (Å²) in [5.41, 5.74) is -0.604. The fraction of sp³-hybridized carbons (Fsp3) is 0.308. The van der Waals surface area contributed by atoms with Gasteiger partial charge in [-0.1, -0.05) is 43.0 Å². The summed E-state index contributed by atoms with van der Waals surface area (Å²) in [7, 11) is 0. The first kappa shape index (κ1) is 12.5. The summed E-state index contributed by atoms with van der Waals surface area (Å²) < 4.78 is 4.82. The Balaban J connectivity index is 2.64. The van der Waals surface area contributed by atoms with Crippen LogP contribution in [0.3, 0.4) is 0 Å². The molecular formula is C13H16O3. The highest BCUT2D eigenvalue weighted by Crippen LogP contribution is 2.14. The SMILES string of the molecule is C=CCOC(=O)C(C)(O)Cc1ccccc1. The van der Waals surface area contributed by atoms with Crippen LogP contribution in [0.15, 0.2) is 43.0 Å². The van der Waals surface area contributed by atoms with Gasteiger partial charge in [0.1, 0.15) is 6.61 Å². The molecule has 0 aliphatic carbocycles. The van der Waals surface area contributed by atoms with Gasteiger partial charge in [0.15, 0.2) is 5.60 Å². The topological polar surface area (TPSA) is 46.5 Å². The summed E-state index contributed by atoms with van der Waals surface area (Å²) in [6.07, 6.45) is 1.71. The van der Waals surface area contributed by atoms with Gasteiger partial charge in [0.05, 0.1) is 0 Å². The van der Waals surface area contributed by atoms with Crippen molar-refractivity contribution >= 4 is 5.97 Å². The largest absolute Gasteiger partial charge is 0.459 e. The van der Waals surface area contributed by atoms with Gasteiger partial charge in [-0.25, -0.2) is 4.79 Å². The monoisotopic (exact) mass is 220 g/mol. The maximum atomic E-state index is 11.5. The predicted molar refractivity (Wildman–Crippen MR) is 61.9 cm³/mol. The third-order valence-corrected chi connectivity index (χ3v) is 2.16. The van der Waals surface area contributed by atoms with Crippen molar-refractivity contribution in [3.05, 3.63) is 48.6 Å². The maximum Gasteiger partial charge on any atom is 0.338 e. The number of carbonyl (C=O) groups excluding carboxylic acids is 1. The highest BCUT2D eigenvalue weighted by atomic mass is 16.5. The van der Waals surface area contributed by atoms with Crippen LogP contribution >= 0.6 is 0 Å². The molecule has 0 aliphatic heterocycles. The molecule has 3 heteroatoms. The third-order valence-electron chi connectivity index (χ3n) is 2.16. The van der Waals surface area contributed by atoms with Gasteiger partial charge >= 0.3 is 5.97 Å². The second kappa shape index (κ2) is 5.47. The molecule has 0 fully saturated rings. The molecule has 1 unspecified atom stereocenters. The van der Waals surface area contributed by atoms with Crippen molar-refractivity contribution in [1.82, 2.24) is 0 Å². The van der Waals surface area contributed by atoms with Crippen LogP contribution in [0.2, 0.25) is 0 Å². The van der Waals surface area contributed by atoms with Crippen LogP contribution in [0, 0.1) is 0 Å². The minimum Gasteiger partial charge on any atom is -0.459 e. The smallest absolute Gasteiger partial charge is 0.338 e. The minimum absolute atomic E-state index is 0.115.